The van der Waals surface area contributed by atoms with Crippen molar-refractivity contribution in [3.63, 3.8) is 0 Å². The van der Waals surface area contributed by atoms with E-state index in [0.717, 1.165) is 25.7 Å². The van der Waals surface area contributed by atoms with Crippen molar-refractivity contribution in [1.82, 2.24) is 0 Å². The van der Waals surface area contributed by atoms with Crippen LogP contribution in [0.4, 0.5) is 8.78 Å². The van der Waals surface area contributed by atoms with Crippen LogP contribution in [0.15, 0.2) is 23.3 Å². The summed E-state index contributed by atoms with van der Waals surface area (Å²) in [5.41, 5.74) is 0.460. The molecule has 0 bridgehead atoms. The smallest absolute Gasteiger partial charge is 0.157 e. The second kappa shape index (κ2) is 6.17. The van der Waals surface area contributed by atoms with E-state index >= 15 is 0 Å². The van der Waals surface area contributed by atoms with Gasteiger partial charge in [-0.2, -0.15) is 0 Å². The van der Waals surface area contributed by atoms with Crippen LogP contribution in [0, 0.1) is 11.8 Å². The van der Waals surface area contributed by atoms with Crippen molar-refractivity contribution < 1.29 is 8.78 Å². The monoisotopic (exact) mass is 228 g/mol. The van der Waals surface area contributed by atoms with Crippen molar-refractivity contribution in [3.8, 4) is 0 Å². The largest absolute Gasteiger partial charge is 0.209 e. The molecule has 0 amide bonds. The van der Waals surface area contributed by atoms with Crippen LogP contribution < -0.4 is 0 Å². The van der Waals surface area contributed by atoms with Gasteiger partial charge < -0.3 is 0 Å². The van der Waals surface area contributed by atoms with Crippen LogP contribution in [0.3, 0.4) is 0 Å². The van der Waals surface area contributed by atoms with Gasteiger partial charge in [-0.1, -0.05) is 32.8 Å². The minimum absolute atomic E-state index is 0.259. The zero-order chi connectivity index (χ0) is 12.1. The van der Waals surface area contributed by atoms with Crippen molar-refractivity contribution in [2.45, 2.75) is 52.9 Å². The summed E-state index contributed by atoms with van der Waals surface area (Å²) in [7, 11) is 0. The van der Waals surface area contributed by atoms with Crippen LogP contribution in [-0.4, -0.2) is 0 Å². The van der Waals surface area contributed by atoms with Crippen molar-refractivity contribution in [2.75, 3.05) is 0 Å². The Bertz CT molecular complexity index is 289. The molecule has 0 saturated heterocycles. The molecule has 0 aromatic heterocycles. The number of hydrogen-bond donors (Lipinski definition) is 0. The Balaban J connectivity index is 2.90. The molecule has 92 valence electrons. The first-order valence-electron chi connectivity index (χ1n) is 6.27. The number of hydrogen-bond acceptors (Lipinski definition) is 0. The van der Waals surface area contributed by atoms with E-state index in [-0.39, 0.29) is 12.3 Å². The van der Waals surface area contributed by atoms with E-state index in [1.165, 1.54) is 0 Å². The highest BCUT2D eigenvalue weighted by atomic mass is 19.2. The van der Waals surface area contributed by atoms with Gasteiger partial charge >= 0.3 is 0 Å². The molecular formula is C14H22F2. The summed E-state index contributed by atoms with van der Waals surface area (Å²) in [4.78, 5) is 0. The molecule has 0 radical (unpaired) electrons. The Labute approximate surface area is 97.4 Å². The molecule has 1 aliphatic rings. The number of allylic oxidation sites excluding steroid dienone is 4. The van der Waals surface area contributed by atoms with E-state index in [1.54, 1.807) is 6.92 Å². The maximum Gasteiger partial charge on any atom is 0.157 e. The van der Waals surface area contributed by atoms with Crippen molar-refractivity contribution in [1.29, 1.82) is 0 Å². The van der Waals surface area contributed by atoms with Crippen LogP contribution in [0.5, 0.6) is 0 Å². The first-order chi connectivity index (χ1) is 7.56. The highest BCUT2D eigenvalue weighted by molar-refractivity contribution is 5.25. The van der Waals surface area contributed by atoms with Crippen molar-refractivity contribution in [3.05, 3.63) is 23.3 Å². The van der Waals surface area contributed by atoms with E-state index in [0.29, 0.717) is 11.5 Å². The van der Waals surface area contributed by atoms with Gasteiger partial charge in [0.15, 0.2) is 5.83 Å². The van der Waals surface area contributed by atoms with Gasteiger partial charge in [-0.25, -0.2) is 8.78 Å². The van der Waals surface area contributed by atoms with Gasteiger partial charge in [0.25, 0.3) is 0 Å². The molecule has 16 heavy (non-hydrogen) atoms. The molecule has 0 aromatic carbocycles. The van der Waals surface area contributed by atoms with Crippen LogP contribution in [0.2, 0.25) is 0 Å². The molecule has 1 aliphatic carbocycles. The van der Waals surface area contributed by atoms with E-state index in [4.69, 9.17) is 0 Å². The lowest BCUT2D eigenvalue weighted by Gasteiger charge is -2.23. The summed E-state index contributed by atoms with van der Waals surface area (Å²) in [5, 5.41) is 0. The molecule has 2 heteroatoms. The van der Waals surface area contributed by atoms with E-state index < -0.39 is 11.7 Å². The maximum absolute atomic E-state index is 13.7. The normalized spacial score (nSPS) is 36.7. The molecule has 1 rings (SSSR count). The molecule has 0 spiro atoms. The summed E-state index contributed by atoms with van der Waals surface area (Å²) in [6.45, 7) is 5.86. The molecular weight excluding hydrogens is 206 g/mol. The Kier molecular flexibility index (Phi) is 5.17. The number of rotatable bonds is 1. The van der Waals surface area contributed by atoms with Gasteiger partial charge in [-0.15, -0.1) is 0 Å². The zero-order valence-electron chi connectivity index (χ0n) is 10.5. The minimum Gasteiger partial charge on any atom is -0.209 e. The molecule has 2 atom stereocenters. The standard InChI is InChI=1S/C14H22F2/c1-4-12-9-13(15)14(16)11(3)8-6-5-7-10(12)2/h8,10,12H,4-7,9H2,1-3H3/b11-8-,14-13-. The van der Waals surface area contributed by atoms with E-state index in [2.05, 4.69) is 13.8 Å². The Morgan fingerprint density at radius 1 is 1.38 bits per heavy atom. The Hall–Kier alpha value is -0.660. The molecule has 0 fully saturated rings. The summed E-state index contributed by atoms with van der Waals surface area (Å²) < 4.78 is 27.3. The van der Waals surface area contributed by atoms with Crippen LogP contribution in [0.1, 0.15) is 52.9 Å². The van der Waals surface area contributed by atoms with Gasteiger partial charge in [-0.3, -0.25) is 0 Å². The lowest BCUT2D eigenvalue weighted by atomic mass is 9.84. The molecule has 0 N–H and O–H groups in total. The lowest BCUT2D eigenvalue weighted by Crippen LogP contribution is -2.12. The zero-order valence-corrected chi connectivity index (χ0v) is 10.5. The highest BCUT2D eigenvalue weighted by Gasteiger charge is 2.20. The van der Waals surface area contributed by atoms with Crippen LogP contribution in [0.25, 0.3) is 0 Å². The van der Waals surface area contributed by atoms with Gasteiger partial charge in [0, 0.05) is 6.42 Å². The fraction of sp³-hybridized carbons (Fsp3) is 0.714. The predicted octanol–water partition coefficient (Wildman–Crippen LogP) is 5.32. The van der Waals surface area contributed by atoms with Crippen molar-refractivity contribution >= 4 is 0 Å². The van der Waals surface area contributed by atoms with Gasteiger partial charge in [0.1, 0.15) is 5.83 Å². The quantitative estimate of drug-likeness (QED) is 0.569. The third-order valence-electron chi connectivity index (χ3n) is 3.67. The second-order valence-electron chi connectivity index (χ2n) is 4.89. The third kappa shape index (κ3) is 3.43. The lowest BCUT2D eigenvalue weighted by molar-refractivity contribution is 0.297. The summed E-state index contributed by atoms with van der Waals surface area (Å²) in [5.74, 6) is -0.436. The topological polar surface area (TPSA) is 0 Å². The average Bonchev–Trinajstić information content (AvgIpc) is 2.28. The second-order valence-corrected chi connectivity index (χ2v) is 4.89. The molecule has 0 nitrogen and oxygen atoms in total. The van der Waals surface area contributed by atoms with Gasteiger partial charge in [0.05, 0.1) is 0 Å². The van der Waals surface area contributed by atoms with Crippen LogP contribution >= 0.6 is 0 Å². The first kappa shape index (κ1) is 13.4. The fourth-order valence-corrected chi connectivity index (χ4v) is 2.37. The SMILES string of the molecule is CCC1C/C(F)=C(F)\C(C)=C/CCCC1C. The summed E-state index contributed by atoms with van der Waals surface area (Å²) in [6, 6.07) is 0. The van der Waals surface area contributed by atoms with E-state index in [9.17, 15) is 8.78 Å². The minimum atomic E-state index is -0.632. The van der Waals surface area contributed by atoms with Gasteiger partial charge in [0.2, 0.25) is 0 Å². The first-order valence-corrected chi connectivity index (χ1v) is 6.27. The van der Waals surface area contributed by atoms with Crippen LogP contribution in [-0.2, 0) is 0 Å². The predicted molar refractivity (Wildman–Crippen MR) is 64.4 cm³/mol. The average molecular weight is 228 g/mol. The molecule has 0 saturated carbocycles. The maximum atomic E-state index is 13.7. The molecule has 2 unspecified atom stereocenters. The molecule has 0 aliphatic heterocycles. The third-order valence-corrected chi connectivity index (χ3v) is 3.67. The summed E-state index contributed by atoms with van der Waals surface area (Å²) in [6.07, 6.45) is 6.03. The summed E-state index contributed by atoms with van der Waals surface area (Å²) >= 11 is 0. The Morgan fingerprint density at radius 2 is 2.06 bits per heavy atom. The number of halogens is 2. The fourth-order valence-electron chi connectivity index (χ4n) is 2.37. The highest BCUT2D eigenvalue weighted by Crippen LogP contribution is 2.32. The van der Waals surface area contributed by atoms with Gasteiger partial charge in [-0.05, 0) is 37.2 Å². The van der Waals surface area contributed by atoms with Crippen molar-refractivity contribution in [2.24, 2.45) is 11.8 Å². The Morgan fingerprint density at radius 3 is 2.69 bits per heavy atom. The molecule has 0 aromatic rings. The van der Waals surface area contributed by atoms with E-state index in [1.807, 2.05) is 6.08 Å². The molecule has 0 heterocycles.